The molecule has 8 heteroatoms. The summed E-state index contributed by atoms with van der Waals surface area (Å²) in [5.74, 6) is 0.686. The van der Waals surface area contributed by atoms with Crippen LogP contribution < -0.4 is 9.47 Å². The molecule has 4 rings (SSSR count). The molecule has 0 bridgehead atoms. The zero-order chi connectivity index (χ0) is 26.5. The number of nitrogens with zero attached hydrogens (tertiary/aromatic N) is 1. The standard InChI is InChI=1S/C29H26INO5S/c1-18(2)22-13-8-19(3)16-25(22)35-15-14-31-27(32)26(37-29(31)34)17-20-9-11-21(12-10-20)36-28(33)23-6-4-5-7-24(23)30/h4-13,16-18H,14-15H2,1-3H3/b26-17-. The lowest BCUT2D eigenvalue weighted by molar-refractivity contribution is -0.123. The Morgan fingerprint density at radius 1 is 1.05 bits per heavy atom. The van der Waals surface area contributed by atoms with Gasteiger partial charge in [-0.25, -0.2) is 4.79 Å². The maximum atomic E-state index is 12.9. The van der Waals surface area contributed by atoms with Crippen molar-refractivity contribution in [1.82, 2.24) is 4.90 Å². The summed E-state index contributed by atoms with van der Waals surface area (Å²) in [4.78, 5) is 39.4. The fourth-order valence-corrected chi connectivity index (χ4v) is 5.23. The number of hydrogen-bond donors (Lipinski definition) is 0. The van der Waals surface area contributed by atoms with Crippen LogP contribution in [-0.4, -0.2) is 35.2 Å². The Labute approximate surface area is 234 Å². The number of aryl methyl sites for hydroxylation is 1. The number of amides is 2. The van der Waals surface area contributed by atoms with Crippen LogP contribution in [0.5, 0.6) is 11.5 Å². The van der Waals surface area contributed by atoms with E-state index in [1.807, 2.05) is 37.3 Å². The van der Waals surface area contributed by atoms with E-state index in [1.165, 1.54) is 4.90 Å². The third kappa shape index (κ3) is 6.61. The molecule has 0 N–H and O–H groups in total. The second kappa shape index (κ2) is 12.0. The molecule has 0 radical (unpaired) electrons. The summed E-state index contributed by atoms with van der Waals surface area (Å²) in [7, 11) is 0. The van der Waals surface area contributed by atoms with Crippen molar-refractivity contribution in [2.45, 2.75) is 26.7 Å². The molecule has 1 fully saturated rings. The minimum atomic E-state index is -0.438. The molecule has 0 saturated carbocycles. The predicted molar refractivity (Wildman–Crippen MR) is 154 cm³/mol. The molecule has 3 aromatic rings. The van der Waals surface area contributed by atoms with Gasteiger partial charge in [0.05, 0.1) is 17.0 Å². The van der Waals surface area contributed by atoms with Gasteiger partial charge in [-0.05, 0) is 100 Å². The number of thioether (sulfide) groups is 1. The van der Waals surface area contributed by atoms with E-state index in [9.17, 15) is 14.4 Å². The van der Waals surface area contributed by atoms with Gasteiger partial charge in [-0.2, -0.15) is 0 Å². The number of ether oxygens (including phenoxy) is 2. The first-order valence-corrected chi connectivity index (χ1v) is 13.7. The van der Waals surface area contributed by atoms with Crippen molar-refractivity contribution in [2.24, 2.45) is 0 Å². The molecule has 190 valence electrons. The predicted octanol–water partition coefficient (Wildman–Crippen LogP) is 7.06. The lowest BCUT2D eigenvalue weighted by Crippen LogP contribution is -2.32. The van der Waals surface area contributed by atoms with Crippen LogP contribution in [0.15, 0.2) is 71.6 Å². The molecular formula is C29H26INO5S. The van der Waals surface area contributed by atoms with E-state index in [0.29, 0.717) is 22.1 Å². The number of halogens is 1. The minimum Gasteiger partial charge on any atom is -0.491 e. The van der Waals surface area contributed by atoms with Crippen molar-refractivity contribution >= 4 is 57.5 Å². The lowest BCUT2D eigenvalue weighted by Gasteiger charge is -2.17. The normalized spacial score (nSPS) is 14.5. The second-order valence-corrected chi connectivity index (χ2v) is 11.0. The average Bonchev–Trinajstić information content (AvgIpc) is 3.12. The van der Waals surface area contributed by atoms with Gasteiger partial charge in [0.2, 0.25) is 0 Å². The van der Waals surface area contributed by atoms with Crippen LogP contribution in [0.4, 0.5) is 4.79 Å². The third-order valence-corrected chi connectivity index (χ3v) is 7.57. The molecule has 0 spiro atoms. The highest BCUT2D eigenvalue weighted by Crippen LogP contribution is 2.33. The van der Waals surface area contributed by atoms with Gasteiger partial charge in [-0.15, -0.1) is 0 Å². The molecule has 0 aromatic heterocycles. The fraction of sp³-hybridized carbons (Fsp3) is 0.207. The van der Waals surface area contributed by atoms with Crippen LogP contribution in [-0.2, 0) is 4.79 Å². The van der Waals surface area contributed by atoms with Crippen molar-refractivity contribution in [3.8, 4) is 11.5 Å². The van der Waals surface area contributed by atoms with E-state index in [0.717, 1.165) is 37.8 Å². The fourth-order valence-electron chi connectivity index (χ4n) is 3.76. The molecule has 0 unspecified atom stereocenters. The number of carbonyl (C=O) groups excluding carboxylic acids is 3. The number of rotatable bonds is 8. The van der Waals surface area contributed by atoms with Crippen LogP contribution in [0.25, 0.3) is 6.08 Å². The van der Waals surface area contributed by atoms with Gasteiger partial charge < -0.3 is 9.47 Å². The molecule has 6 nitrogen and oxygen atoms in total. The molecule has 1 aliphatic heterocycles. The largest absolute Gasteiger partial charge is 0.491 e. The molecule has 1 saturated heterocycles. The van der Waals surface area contributed by atoms with Crippen LogP contribution >= 0.6 is 34.4 Å². The SMILES string of the molecule is Cc1ccc(C(C)C)c(OCCN2C(=O)S/C(=C\c3ccc(OC(=O)c4ccccc4I)cc3)C2=O)c1. The van der Waals surface area contributed by atoms with Gasteiger partial charge in [0.15, 0.2) is 0 Å². The Bertz CT molecular complexity index is 1370. The number of carbonyl (C=O) groups is 3. The first-order valence-electron chi connectivity index (χ1n) is 11.8. The summed E-state index contributed by atoms with van der Waals surface area (Å²) in [6.45, 7) is 6.58. The van der Waals surface area contributed by atoms with Crippen LogP contribution in [0.1, 0.15) is 46.8 Å². The van der Waals surface area contributed by atoms with Crippen molar-refractivity contribution in [2.75, 3.05) is 13.2 Å². The molecule has 1 aliphatic rings. The first kappa shape index (κ1) is 26.9. The molecule has 0 atom stereocenters. The highest BCUT2D eigenvalue weighted by Gasteiger charge is 2.34. The quantitative estimate of drug-likeness (QED) is 0.115. The number of esters is 1. The van der Waals surface area contributed by atoms with Gasteiger partial charge >= 0.3 is 5.97 Å². The highest BCUT2D eigenvalue weighted by atomic mass is 127. The molecule has 2 amide bonds. The Kier molecular flexibility index (Phi) is 8.71. The Hall–Kier alpha value is -3.11. The Balaban J connectivity index is 1.37. The van der Waals surface area contributed by atoms with Gasteiger partial charge in [-0.3, -0.25) is 14.5 Å². The van der Waals surface area contributed by atoms with Gasteiger partial charge in [-0.1, -0.05) is 50.2 Å². The highest BCUT2D eigenvalue weighted by molar-refractivity contribution is 14.1. The van der Waals surface area contributed by atoms with Gasteiger partial charge in [0, 0.05) is 3.57 Å². The molecule has 0 aliphatic carbocycles. The molecule has 3 aromatic carbocycles. The topological polar surface area (TPSA) is 72.9 Å². The number of imide groups is 1. The smallest absolute Gasteiger partial charge is 0.344 e. The maximum Gasteiger partial charge on any atom is 0.344 e. The van der Waals surface area contributed by atoms with E-state index in [2.05, 4.69) is 36.4 Å². The molecular weight excluding hydrogens is 601 g/mol. The third-order valence-electron chi connectivity index (χ3n) is 5.72. The van der Waals surface area contributed by atoms with Gasteiger partial charge in [0.25, 0.3) is 11.1 Å². The Morgan fingerprint density at radius 3 is 2.49 bits per heavy atom. The second-order valence-electron chi connectivity index (χ2n) is 8.82. The zero-order valence-corrected chi connectivity index (χ0v) is 23.7. The summed E-state index contributed by atoms with van der Waals surface area (Å²) < 4.78 is 12.2. The van der Waals surface area contributed by atoms with Crippen LogP contribution in [0.2, 0.25) is 0 Å². The van der Waals surface area contributed by atoms with Crippen molar-refractivity contribution in [3.05, 3.63) is 97.5 Å². The van der Waals surface area contributed by atoms with E-state index < -0.39 is 5.97 Å². The van der Waals surface area contributed by atoms with Crippen LogP contribution in [0.3, 0.4) is 0 Å². The van der Waals surface area contributed by atoms with E-state index in [4.69, 9.17) is 9.47 Å². The van der Waals surface area contributed by atoms with Crippen LogP contribution in [0, 0.1) is 10.5 Å². The van der Waals surface area contributed by atoms with E-state index in [-0.39, 0.29) is 24.3 Å². The summed E-state index contributed by atoms with van der Waals surface area (Å²) in [5, 5.41) is -0.323. The van der Waals surface area contributed by atoms with Crippen molar-refractivity contribution < 1.29 is 23.9 Å². The Morgan fingerprint density at radius 2 is 1.78 bits per heavy atom. The van der Waals surface area contributed by atoms with E-state index in [1.54, 1.807) is 42.5 Å². The lowest BCUT2D eigenvalue weighted by atomic mass is 10.0. The summed E-state index contributed by atoms with van der Waals surface area (Å²) in [6, 6.07) is 20.1. The molecule has 37 heavy (non-hydrogen) atoms. The summed E-state index contributed by atoms with van der Waals surface area (Å²) in [6.07, 6.45) is 1.66. The summed E-state index contributed by atoms with van der Waals surface area (Å²) >= 11 is 2.99. The van der Waals surface area contributed by atoms with Crippen molar-refractivity contribution in [3.63, 3.8) is 0 Å². The average molecular weight is 628 g/mol. The number of benzene rings is 3. The number of hydrogen-bond acceptors (Lipinski definition) is 6. The van der Waals surface area contributed by atoms with Gasteiger partial charge in [0.1, 0.15) is 18.1 Å². The minimum absolute atomic E-state index is 0.167. The zero-order valence-electron chi connectivity index (χ0n) is 20.7. The maximum absolute atomic E-state index is 12.9. The van der Waals surface area contributed by atoms with Crippen molar-refractivity contribution in [1.29, 1.82) is 0 Å². The summed E-state index contributed by atoms with van der Waals surface area (Å²) in [5.41, 5.74) is 3.39. The van der Waals surface area contributed by atoms with E-state index >= 15 is 0 Å². The molecule has 1 heterocycles. The monoisotopic (exact) mass is 627 g/mol. The first-order chi connectivity index (χ1) is 17.7.